The molecule has 0 bridgehead atoms. The van der Waals surface area contributed by atoms with Gasteiger partial charge in [-0.3, -0.25) is 0 Å². The molecule has 0 saturated carbocycles. The van der Waals surface area contributed by atoms with Gasteiger partial charge in [-0.15, -0.1) is 0 Å². The number of hydrogen-bond donors (Lipinski definition) is 0. The second-order valence-corrected chi connectivity index (χ2v) is 7.27. The number of halogens is 6. The first-order valence-electron chi connectivity index (χ1n) is 4.28. The van der Waals surface area contributed by atoms with Crippen LogP contribution in [-0.2, 0) is 0 Å². The average molecular weight is 372 g/mol. The fraction of sp³-hybridized carbons (Fsp3) is 0.778. The molecule has 0 spiro atoms. The number of rotatable bonds is 4. The second kappa shape index (κ2) is 5.92. The maximum Gasteiger partial charge on any atom is 0.417 e. The third kappa shape index (κ3) is 6.17. The van der Waals surface area contributed by atoms with Crippen LogP contribution in [-0.4, -0.2) is 14.8 Å². The van der Waals surface area contributed by atoms with Crippen LogP contribution in [0, 0.1) is 0 Å². The Labute approximate surface area is 110 Å². The van der Waals surface area contributed by atoms with Gasteiger partial charge < -0.3 is 0 Å². The third-order valence-corrected chi connectivity index (χ3v) is 3.51. The minimum absolute atomic E-state index is 0.220. The van der Waals surface area contributed by atoms with Gasteiger partial charge in [-0.25, -0.2) is 0 Å². The Kier molecular flexibility index (Phi) is 6.22. The molecule has 0 fully saturated rings. The summed E-state index contributed by atoms with van der Waals surface area (Å²) in [6.07, 6.45) is -2.28. The number of alkyl halides is 6. The molecule has 0 heterocycles. The van der Waals surface area contributed by atoms with Gasteiger partial charge in [0.15, 0.2) is 3.78 Å². The van der Waals surface area contributed by atoms with E-state index < -0.39 is 9.96 Å². The van der Waals surface area contributed by atoms with Crippen LogP contribution in [0.2, 0.25) is 0 Å². The molecule has 0 N–H and O–H groups in total. The van der Waals surface area contributed by atoms with Gasteiger partial charge in [0.2, 0.25) is 0 Å². The van der Waals surface area contributed by atoms with Crippen LogP contribution < -0.4 is 0 Å². The van der Waals surface area contributed by atoms with E-state index in [9.17, 15) is 13.2 Å². The Balaban J connectivity index is 4.29. The zero-order chi connectivity index (χ0) is 12.3. The summed E-state index contributed by atoms with van der Waals surface area (Å²) in [7, 11) is 0. The maximum absolute atomic E-state index is 12.4. The van der Waals surface area contributed by atoms with E-state index >= 15 is 0 Å². The van der Waals surface area contributed by atoms with Crippen molar-refractivity contribution in [3.63, 3.8) is 0 Å². The first-order valence-corrected chi connectivity index (χ1v) is 6.37. The zero-order valence-corrected chi connectivity index (χ0v) is 12.3. The van der Waals surface area contributed by atoms with Crippen LogP contribution >= 0.6 is 43.5 Å². The number of allylic oxidation sites excluding steroid dienone is 2. The van der Waals surface area contributed by atoms with Gasteiger partial charge in [-0.05, 0) is 26.7 Å². The SMILES string of the molecule is CC(C)=CCC(Br)CC(Cl)(Br)C(F)(F)F. The fourth-order valence-electron chi connectivity index (χ4n) is 0.841. The van der Waals surface area contributed by atoms with E-state index in [0.29, 0.717) is 6.42 Å². The lowest BCUT2D eigenvalue weighted by Crippen LogP contribution is -2.35. The molecule has 0 aromatic carbocycles. The van der Waals surface area contributed by atoms with Crippen molar-refractivity contribution >= 4 is 43.5 Å². The topological polar surface area (TPSA) is 0 Å². The van der Waals surface area contributed by atoms with Gasteiger partial charge in [-0.1, -0.05) is 55.1 Å². The Morgan fingerprint density at radius 2 is 1.87 bits per heavy atom. The molecule has 0 aliphatic carbocycles. The van der Waals surface area contributed by atoms with Crippen LogP contribution in [0.3, 0.4) is 0 Å². The highest BCUT2D eigenvalue weighted by Crippen LogP contribution is 2.46. The molecule has 0 saturated heterocycles. The maximum atomic E-state index is 12.4. The standard InChI is InChI=1S/C9H12Br2ClF3/c1-6(2)3-4-7(10)5-8(11,12)9(13,14)15/h3,7H,4-5H2,1-2H3. The summed E-state index contributed by atoms with van der Waals surface area (Å²) >= 11 is 11.0. The molecule has 0 radical (unpaired) electrons. The lowest BCUT2D eigenvalue weighted by Gasteiger charge is -2.25. The summed E-state index contributed by atoms with van der Waals surface area (Å²) in [5.74, 6) is 0. The largest absolute Gasteiger partial charge is 0.417 e. The predicted molar refractivity (Wildman–Crippen MR) is 64.9 cm³/mol. The molecule has 2 unspecified atom stereocenters. The Hall–Kier alpha value is 0.780. The van der Waals surface area contributed by atoms with Crippen molar-refractivity contribution in [2.24, 2.45) is 0 Å². The highest BCUT2D eigenvalue weighted by atomic mass is 79.9. The van der Waals surface area contributed by atoms with E-state index in [-0.39, 0.29) is 11.2 Å². The van der Waals surface area contributed by atoms with Gasteiger partial charge in [0.25, 0.3) is 0 Å². The summed E-state index contributed by atoms with van der Waals surface area (Å²) < 4.78 is 34.8. The quantitative estimate of drug-likeness (QED) is 0.459. The van der Waals surface area contributed by atoms with Gasteiger partial charge in [-0.2, -0.15) is 13.2 Å². The molecule has 0 aromatic heterocycles. The van der Waals surface area contributed by atoms with Gasteiger partial charge in [0, 0.05) is 4.83 Å². The molecule has 2 atom stereocenters. The van der Waals surface area contributed by atoms with Crippen molar-refractivity contribution in [3.05, 3.63) is 11.6 Å². The van der Waals surface area contributed by atoms with E-state index in [0.717, 1.165) is 5.57 Å². The molecule has 0 aliphatic rings. The molecular formula is C9H12Br2ClF3. The fourth-order valence-corrected chi connectivity index (χ4v) is 2.71. The van der Waals surface area contributed by atoms with E-state index in [2.05, 4.69) is 31.9 Å². The van der Waals surface area contributed by atoms with Crippen LogP contribution in [0.25, 0.3) is 0 Å². The van der Waals surface area contributed by atoms with E-state index in [4.69, 9.17) is 11.6 Å². The van der Waals surface area contributed by atoms with Crippen molar-refractivity contribution < 1.29 is 13.2 Å². The molecule has 0 amide bonds. The van der Waals surface area contributed by atoms with Crippen molar-refractivity contribution in [3.8, 4) is 0 Å². The molecule has 15 heavy (non-hydrogen) atoms. The normalized spacial score (nSPS) is 18.1. The lowest BCUT2D eigenvalue weighted by atomic mass is 10.1. The first-order chi connectivity index (χ1) is 6.56. The molecule has 6 heteroatoms. The second-order valence-electron chi connectivity index (χ2n) is 3.52. The molecule has 0 rings (SSSR count). The lowest BCUT2D eigenvalue weighted by molar-refractivity contribution is -0.138. The Morgan fingerprint density at radius 3 is 2.20 bits per heavy atom. The summed E-state index contributed by atoms with van der Waals surface area (Å²) in [5, 5.41) is 0. The van der Waals surface area contributed by atoms with Crippen molar-refractivity contribution in [1.82, 2.24) is 0 Å². The van der Waals surface area contributed by atoms with Crippen LogP contribution in [0.1, 0.15) is 26.7 Å². The van der Waals surface area contributed by atoms with Crippen molar-refractivity contribution in [2.45, 2.75) is 41.5 Å². The molecule has 0 aromatic rings. The van der Waals surface area contributed by atoms with E-state index in [1.54, 1.807) is 0 Å². The highest BCUT2D eigenvalue weighted by molar-refractivity contribution is 9.10. The van der Waals surface area contributed by atoms with Crippen LogP contribution in [0.4, 0.5) is 13.2 Å². The number of hydrogen-bond acceptors (Lipinski definition) is 0. The molecule has 90 valence electrons. The third-order valence-electron chi connectivity index (χ3n) is 1.67. The molecule has 0 aliphatic heterocycles. The van der Waals surface area contributed by atoms with Gasteiger partial charge in [0.05, 0.1) is 0 Å². The Bertz CT molecular complexity index is 232. The molecule has 0 nitrogen and oxygen atoms in total. The van der Waals surface area contributed by atoms with Gasteiger partial charge in [0.1, 0.15) is 0 Å². The van der Waals surface area contributed by atoms with Crippen LogP contribution in [0.15, 0.2) is 11.6 Å². The highest BCUT2D eigenvalue weighted by Gasteiger charge is 2.52. The summed E-state index contributed by atoms with van der Waals surface area (Å²) in [6.45, 7) is 3.79. The van der Waals surface area contributed by atoms with E-state index in [1.165, 1.54) is 0 Å². The zero-order valence-electron chi connectivity index (χ0n) is 8.34. The average Bonchev–Trinajstić information content (AvgIpc) is 1.97. The predicted octanol–water partition coefficient (Wildman–Crippen LogP) is 5.39. The minimum atomic E-state index is -4.45. The van der Waals surface area contributed by atoms with Crippen molar-refractivity contribution in [1.29, 1.82) is 0 Å². The Morgan fingerprint density at radius 1 is 1.40 bits per heavy atom. The van der Waals surface area contributed by atoms with Gasteiger partial charge >= 0.3 is 6.18 Å². The van der Waals surface area contributed by atoms with Crippen LogP contribution in [0.5, 0.6) is 0 Å². The monoisotopic (exact) mass is 370 g/mol. The van der Waals surface area contributed by atoms with E-state index in [1.807, 2.05) is 19.9 Å². The first kappa shape index (κ1) is 15.8. The summed E-state index contributed by atoms with van der Waals surface area (Å²) in [6, 6.07) is 0. The molecular weight excluding hydrogens is 360 g/mol. The van der Waals surface area contributed by atoms with Crippen molar-refractivity contribution in [2.75, 3.05) is 0 Å². The minimum Gasteiger partial charge on any atom is -0.168 e. The summed E-state index contributed by atoms with van der Waals surface area (Å²) in [5.41, 5.74) is 1.07. The summed E-state index contributed by atoms with van der Waals surface area (Å²) in [4.78, 5) is -0.300. The smallest absolute Gasteiger partial charge is 0.168 e.